The highest BCUT2D eigenvalue weighted by atomic mass is 32.1. The van der Waals surface area contributed by atoms with Gasteiger partial charge in [0.2, 0.25) is 0 Å². The van der Waals surface area contributed by atoms with E-state index in [1.807, 2.05) is 60.0 Å². The molecule has 3 heterocycles. The van der Waals surface area contributed by atoms with E-state index >= 15 is 0 Å². The van der Waals surface area contributed by atoms with Crippen LogP contribution in [0.5, 0.6) is 0 Å². The third-order valence-electron chi connectivity index (χ3n) is 5.07. The van der Waals surface area contributed by atoms with E-state index in [1.54, 1.807) is 29.8 Å². The van der Waals surface area contributed by atoms with Gasteiger partial charge >= 0.3 is 0 Å². The highest BCUT2D eigenvalue weighted by molar-refractivity contribution is 7.29. The molecule has 166 valence electrons. The molecule has 5 rings (SSSR count). The van der Waals surface area contributed by atoms with E-state index in [1.165, 1.54) is 23.5 Å². The summed E-state index contributed by atoms with van der Waals surface area (Å²) in [6.45, 7) is 0.540. The number of thiazole rings is 1. The minimum Gasteiger partial charge on any atom is -0.354 e. The van der Waals surface area contributed by atoms with Gasteiger partial charge in [0.05, 0.1) is 22.4 Å². The first-order chi connectivity index (χ1) is 16.0. The third-order valence-corrected chi connectivity index (χ3v) is 7.39. The Balaban J connectivity index is 1.49. The maximum absolute atomic E-state index is 13.5. The number of nitrogens with one attached hydrogen (secondary N) is 1. The number of carbonyl (C=O) groups excluding carboxylic acids is 1. The fourth-order valence-electron chi connectivity index (χ4n) is 3.43. The molecular weight excluding hydrogens is 457 g/mol. The second kappa shape index (κ2) is 8.76. The summed E-state index contributed by atoms with van der Waals surface area (Å²) >= 11 is 2.91. The van der Waals surface area contributed by atoms with E-state index < -0.39 is 0 Å². The number of benzene rings is 2. The van der Waals surface area contributed by atoms with Crippen LogP contribution in [0.4, 0.5) is 15.3 Å². The molecule has 0 saturated heterocycles. The monoisotopic (exact) mass is 477 g/mol. The van der Waals surface area contributed by atoms with Crippen LogP contribution in [0.2, 0.25) is 0 Å². The largest absolute Gasteiger partial charge is 0.354 e. The molecule has 0 aliphatic rings. The minimum atomic E-state index is -0.323. The van der Waals surface area contributed by atoms with Crippen molar-refractivity contribution in [2.45, 2.75) is 6.54 Å². The van der Waals surface area contributed by atoms with Crippen molar-refractivity contribution < 1.29 is 9.18 Å². The van der Waals surface area contributed by atoms with E-state index in [0.717, 1.165) is 25.8 Å². The van der Waals surface area contributed by atoms with Gasteiger partial charge in [0.15, 0.2) is 5.13 Å². The Kier molecular flexibility index (Phi) is 5.65. The number of halogens is 1. The molecule has 0 unspecified atom stereocenters. The van der Waals surface area contributed by atoms with Gasteiger partial charge in [-0.2, -0.15) is 0 Å². The van der Waals surface area contributed by atoms with Crippen LogP contribution in [-0.2, 0) is 6.54 Å². The number of anilines is 2. The van der Waals surface area contributed by atoms with Gasteiger partial charge in [-0.15, -0.1) is 11.3 Å². The molecule has 0 aliphatic carbocycles. The molecule has 6 nitrogen and oxygen atoms in total. The highest BCUT2D eigenvalue weighted by Gasteiger charge is 2.20. The van der Waals surface area contributed by atoms with Gasteiger partial charge < -0.3 is 14.8 Å². The number of aromatic nitrogens is 3. The lowest BCUT2D eigenvalue weighted by Gasteiger charge is -2.11. The highest BCUT2D eigenvalue weighted by Crippen LogP contribution is 2.35. The lowest BCUT2D eigenvalue weighted by Crippen LogP contribution is -2.15. The summed E-state index contributed by atoms with van der Waals surface area (Å²) in [6, 6.07) is 17.9. The molecule has 2 aromatic carbocycles. The van der Waals surface area contributed by atoms with Crippen molar-refractivity contribution in [3.05, 3.63) is 83.2 Å². The van der Waals surface area contributed by atoms with Crippen molar-refractivity contribution >= 4 is 49.1 Å². The molecule has 3 aromatic heterocycles. The summed E-state index contributed by atoms with van der Waals surface area (Å²) in [6.07, 6.45) is 1.69. The van der Waals surface area contributed by atoms with Gasteiger partial charge in [-0.1, -0.05) is 41.7 Å². The molecular formula is C24H20FN5OS2. The predicted octanol–water partition coefficient (Wildman–Crippen LogP) is 5.73. The minimum absolute atomic E-state index is 0.227. The molecule has 0 spiro atoms. The van der Waals surface area contributed by atoms with Crippen LogP contribution in [0, 0.1) is 5.82 Å². The van der Waals surface area contributed by atoms with Crippen LogP contribution in [0.25, 0.3) is 20.8 Å². The van der Waals surface area contributed by atoms with Gasteiger partial charge in [0, 0.05) is 19.7 Å². The topological polar surface area (TPSA) is 63.1 Å². The van der Waals surface area contributed by atoms with E-state index in [4.69, 9.17) is 0 Å². The lowest BCUT2D eigenvalue weighted by molar-refractivity contribution is 0.103. The zero-order valence-electron chi connectivity index (χ0n) is 17.9. The van der Waals surface area contributed by atoms with Crippen LogP contribution in [0.3, 0.4) is 0 Å². The van der Waals surface area contributed by atoms with Crippen LogP contribution < -0.4 is 10.2 Å². The third kappa shape index (κ3) is 4.37. The van der Waals surface area contributed by atoms with E-state index in [9.17, 15) is 9.18 Å². The molecule has 0 saturated carbocycles. The smallest absolute Gasteiger partial charge is 0.267 e. The van der Waals surface area contributed by atoms with Crippen molar-refractivity contribution in [1.29, 1.82) is 0 Å². The number of nitrogens with zero attached hydrogens (tertiary/aromatic N) is 4. The standard InChI is InChI=1S/C24H20FN5OS2/c1-29(2)24-28-23-19(33-24)12-18(32-23)22(31)27-21-20(16-8-10-17(25)11-9-16)26-14-30(21)13-15-6-4-3-5-7-15/h3-12,14H,13H2,1-2H3,(H,27,31). The number of hydrogen-bond donors (Lipinski definition) is 1. The zero-order chi connectivity index (χ0) is 22.9. The zero-order valence-corrected chi connectivity index (χ0v) is 19.6. The van der Waals surface area contributed by atoms with Gasteiger partial charge in [0.1, 0.15) is 22.2 Å². The molecule has 0 bridgehead atoms. The Labute approximate surface area is 198 Å². The Morgan fingerprint density at radius 1 is 1.09 bits per heavy atom. The van der Waals surface area contributed by atoms with Gasteiger partial charge in [-0.25, -0.2) is 14.4 Å². The average molecular weight is 478 g/mol. The first-order valence-corrected chi connectivity index (χ1v) is 11.9. The van der Waals surface area contributed by atoms with Crippen LogP contribution in [0.15, 0.2) is 67.0 Å². The van der Waals surface area contributed by atoms with Crippen LogP contribution in [-0.4, -0.2) is 34.5 Å². The summed E-state index contributed by atoms with van der Waals surface area (Å²) in [7, 11) is 3.89. The quantitative estimate of drug-likeness (QED) is 0.339. The summed E-state index contributed by atoms with van der Waals surface area (Å²) in [5, 5.41) is 3.95. The summed E-state index contributed by atoms with van der Waals surface area (Å²) < 4.78 is 16.3. The van der Waals surface area contributed by atoms with Crippen molar-refractivity contribution in [2.24, 2.45) is 0 Å². The molecule has 0 fully saturated rings. The van der Waals surface area contributed by atoms with Gasteiger partial charge in [-0.05, 0) is 35.9 Å². The Bertz CT molecular complexity index is 1390. The molecule has 0 radical (unpaired) electrons. The molecule has 0 atom stereocenters. The fourth-order valence-corrected chi connectivity index (χ4v) is 5.46. The summed E-state index contributed by atoms with van der Waals surface area (Å²) in [5.74, 6) is 0.0141. The van der Waals surface area contributed by atoms with Crippen molar-refractivity contribution in [3.8, 4) is 11.3 Å². The molecule has 33 heavy (non-hydrogen) atoms. The summed E-state index contributed by atoms with van der Waals surface area (Å²) in [4.78, 5) is 25.7. The van der Waals surface area contributed by atoms with E-state index in [0.29, 0.717) is 22.9 Å². The normalized spacial score (nSPS) is 11.1. The molecule has 1 amide bonds. The number of amides is 1. The van der Waals surface area contributed by atoms with E-state index in [2.05, 4.69) is 15.3 Å². The fraction of sp³-hybridized carbons (Fsp3) is 0.125. The second-order valence-corrected chi connectivity index (χ2v) is 9.73. The number of fused-ring (bicyclic) bond motifs is 1. The Morgan fingerprint density at radius 2 is 1.85 bits per heavy atom. The average Bonchev–Trinajstić information content (AvgIpc) is 3.49. The predicted molar refractivity (Wildman–Crippen MR) is 133 cm³/mol. The van der Waals surface area contributed by atoms with Gasteiger partial charge in [-0.3, -0.25) is 4.79 Å². The number of rotatable bonds is 6. The maximum Gasteiger partial charge on any atom is 0.267 e. The second-order valence-electron chi connectivity index (χ2n) is 7.69. The summed E-state index contributed by atoms with van der Waals surface area (Å²) in [5.41, 5.74) is 2.39. The number of carbonyl (C=O) groups is 1. The van der Waals surface area contributed by atoms with Gasteiger partial charge in [0.25, 0.3) is 5.91 Å². The first-order valence-electron chi connectivity index (χ1n) is 10.2. The van der Waals surface area contributed by atoms with Crippen LogP contribution in [0.1, 0.15) is 15.2 Å². The number of hydrogen-bond acceptors (Lipinski definition) is 6. The van der Waals surface area contributed by atoms with Crippen LogP contribution >= 0.6 is 22.7 Å². The Morgan fingerprint density at radius 3 is 2.55 bits per heavy atom. The first kappa shape index (κ1) is 21.3. The Hall–Kier alpha value is -3.56. The molecule has 5 aromatic rings. The van der Waals surface area contributed by atoms with Crippen molar-refractivity contribution in [1.82, 2.24) is 14.5 Å². The number of imidazole rings is 1. The van der Waals surface area contributed by atoms with E-state index in [-0.39, 0.29) is 11.7 Å². The molecule has 0 aliphatic heterocycles. The number of thiophene rings is 1. The maximum atomic E-state index is 13.5. The lowest BCUT2D eigenvalue weighted by atomic mass is 10.1. The molecule has 1 N–H and O–H groups in total. The van der Waals surface area contributed by atoms with Crippen molar-refractivity contribution in [3.63, 3.8) is 0 Å². The van der Waals surface area contributed by atoms with Crippen molar-refractivity contribution in [2.75, 3.05) is 24.3 Å². The SMILES string of the molecule is CN(C)c1nc2sc(C(=O)Nc3c(-c4ccc(F)cc4)ncn3Cc3ccccc3)cc2s1. The molecule has 9 heteroatoms.